The van der Waals surface area contributed by atoms with Crippen LogP contribution in [-0.2, 0) is 11.8 Å². The molecule has 1 N–H and O–H groups in total. The van der Waals surface area contributed by atoms with Gasteiger partial charge in [0.25, 0.3) is 5.22 Å². The molecule has 1 amide bonds. The van der Waals surface area contributed by atoms with Crippen LogP contribution in [0.2, 0.25) is 0 Å². The van der Waals surface area contributed by atoms with Crippen LogP contribution in [0.25, 0.3) is 0 Å². The van der Waals surface area contributed by atoms with Crippen molar-refractivity contribution < 1.29 is 9.21 Å². The van der Waals surface area contributed by atoms with Gasteiger partial charge in [-0.1, -0.05) is 23.5 Å². The van der Waals surface area contributed by atoms with E-state index in [9.17, 15) is 4.79 Å². The molecule has 0 spiro atoms. The van der Waals surface area contributed by atoms with E-state index in [1.54, 1.807) is 24.9 Å². The van der Waals surface area contributed by atoms with Gasteiger partial charge >= 0.3 is 0 Å². The SMILES string of the molecule is Cc1nnc(SCC(=O)NCCSc2nccn2C)o1. The smallest absolute Gasteiger partial charge is 0.277 e. The Kier molecular flexibility index (Phi) is 5.48. The Morgan fingerprint density at radius 1 is 1.45 bits per heavy atom. The van der Waals surface area contributed by atoms with Crippen molar-refractivity contribution in [3.8, 4) is 0 Å². The van der Waals surface area contributed by atoms with Crippen LogP contribution < -0.4 is 5.32 Å². The number of thioether (sulfide) groups is 2. The molecule has 0 bridgehead atoms. The molecular formula is C11H15N5O2S2. The van der Waals surface area contributed by atoms with Gasteiger partial charge in [0.05, 0.1) is 5.75 Å². The van der Waals surface area contributed by atoms with Gasteiger partial charge in [-0.05, 0) is 0 Å². The lowest BCUT2D eigenvalue weighted by atomic mass is 10.6. The number of hydrogen-bond acceptors (Lipinski definition) is 7. The van der Waals surface area contributed by atoms with Crippen LogP contribution >= 0.6 is 23.5 Å². The Bertz CT molecular complexity index is 569. The van der Waals surface area contributed by atoms with Crippen LogP contribution in [0, 0.1) is 6.92 Å². The molecule has 0 saturated heterocycles. The van der Waals surface area contributed by atoms with E-state index in [4.69, 9.17) is 4.42 Å². The molecule has 0 atom stereocenters. The summed E-state index contributed by atoms with van der Waals surface area (Å²) in [5.74, 6) is 1.50. The van der Waals surface area contributed by atoms with Gasteiger partial charge in [0.15, 0.2) is 5.16 Å². The Morgan fingerprint density at radius 2 is 2.30 bits per heavy atom. The average molecular weight is 313 g/mol. The Balaban J connectivity index is 1.59. The van der Waals surface area contributed by atoms with Crippen molar-refractivity contribution >= 4 is 29.4 Å². The molecule has 0 unspecified atom stereocenters. The molecule has 108 valence electrons. The van der Waals surface area contributed by atoms with E-state index in [1.807, 2.05) is 17.8 Å². The van der Waals surface area contributed by atoms with E-state index in [-0.39, 0.29) is 11.7 Å². The fourth-order valence-corrected chi connectivity index (χ4v) is 2.76. The second-order valence-electron chi connectivity index (χ2n) is 3.89. The van der Waals surface area contributed by atoms with Gasteiger partial charge in [-0.15, -0.1) is 10.2 Å². The van der Waals surface area contributed by atoms with Gasteiger partial charge in [0.1, 0.15) is 0 Å². The van der Waals surface area contributed by atoms with E-state index in [0.717, 1.165) is 10.9 Å². The molecule has 0 aromatic carbocycles. The molecule has 2 aromatic heterocycles. The minimum atomic E-state index is -0.0497. The van der Waals surface area contributed by atoms with E-state index < -0.39 is 0 Å². The number of amides is 1. The number of aromatic nitrogens is 4. The minimum Gasteiger partial charge on any atom is -0.416 e. The van der Waals surface area contributed by atoms with E-state index in [0.29, 0.717) is 17.7 Å². The van der Waals surface area contributed by atoms with Crippen LogP contribution in [-0.4, -0.2) is 43.7 Å². The summed E-state index contributed by atoms with van der Waals surface area (Å²) in [4.78, 5) is 15.8. The molecule has 2 rings (SSSR count). The number of carbonyl (C=O) groups is 1. The number of rotatable bonds is 7. The molecule has 0 radical (unpaired) electrons. The second kappa shape index (κ2) is 7.34. The summed E-state index contributed by atoms with van der Waals surface area (Å²) in [6, 6.07) is 0. The third-order valence-electron chi connectivity index (χ3n) is 2.27. The van der Waals surface area contributed by atoms with Gasteiger partial charge < -0.3 is 14.3 Å². The number of carbonyl (C=O) groups excluding carboxylic acids is 1. The molecule has 7 nitrogen and oxygen atoms in total. The predicted octanol–water partition coefficient (Wildman–Crippen LogP) is 1.11. The molecule has 0 saturated carbocycles. The first kappa shape index (κ1) is 14.9. The van der Waals surface area contributed by atoms with Crippen molar-refractivity contribution in [2.75, 3.05) is 18.1 Å². The molecule has 2 heterocycles. The van der Waals surface area contributed by atoms with Crippen LogP contribution in [0.5, 0.6) is 0 Å². The zero-order chi connectivity index (χ0) is 14.4. The van der Waals surface area contributed by atoms with Crippen molar-refractivity contribution in [2.45, 2.75) is 17.3 Å². The topological polar surface area (TPSA) is 85.8 Å². The van der Waals surface area contributed by atoms with E-state index in [2.05, 4.69) is 20.5 Å². The summed E-state index contributed by atoms with van der Waals surface area (Å²) >= 11 is 2.83. The molecule has 20 heavy (non-hydrogen) atoms. The summed E-state index contributed by atoms with van der Waals surface area (Å²) in [5, 5.41) is 11.7. The fourth-order valence-electron chi connectivity index (χ4n) is 1.34. The first-order valence-electron chi connectivity index (χ1n) is 5.95. The minimum absolute atomic E-state index is 0.0497. The van der Waals surface area contributed by atoms with Crippen LogP contribution in [0.4, 0.5) is 0 Å². The predicted molar refractivity (Wildman–Crippen MR) is 76.7 cm³/mol. The van der Waals surface area contributed by atoms with Gasteiger partial charge in [0, 0.05) is 38.7 Å². The molecular weight excluding hydrogens is 298 g/mol. The Morgan fingerprint density at radius 3 is 2.95 bits per heavy atom. The standard InChI is InChI=1S/C11H15N5O2S2/c1-8-14-15-11(18-8)20-7-9(17)12-4-6-19-10-13-3-5-16(10)2/h3,5H,4,6-7H2,1-2H3,(H,12,17). The first-order chi connectivity index (χ1) is 9.65. The van der Waals surface area contributed by atoms with Gasteiger partial charge in [0.2, 0.25) is 11.8 Å². The lowest BCUT2D eigenvalue weighted by Gasteiger charge is -2.04. The van der Waals surface area contributed by atoms with Gasteiger partial charge in [-0.2, -0.15) is 0 Å². The highest BCUT2D eigenvalue weighted by Crippen LogP contribution is 2.15. The van der Waals surface area contributed by atoms with Crippen molar-refractivity contribution in [3.05, 3.63) is 18.3 Å². The number of hydrogen-bond donors (Lipinski definition) is 1. The first-order valence-corrected chi connectivity index (χ1v) is 7.92. The summed E-state index contributed by atoms with van der Waals surface area (Å²) in [7, 11) is 1.94. The molecule has 0 aliphatic heterocycles. The third kappa shape index (κ3) is 4.57. The van der Waals surface area contributed by atoms with Gasteiger partial charge in [-0.3, -0.25) is 4.79 Å². The van der Waals surface area contributed by atoms with Crippen molar-refractivity contribution in [3.63, 3.8) is 0 Å². The molecule has 0 aliphatic carbocycles. The maximum absolute atomic E-state index is 11.6. The van der Waals surface area contributed by atoms with Gasteiger partial charge in [-0.25, -0.2) is 4.98 Å². The fraction of sp³-hybridized carbons (Fsp3) is 0.455. The Labute approximate surface area is 124 Å². The van der Waals surface area contributed by atoms with Crippen molar-refractivity contribution in [1.29, 1.82) is 0 Å². The van der Waals surface area contributed by atoms with E-state index >= 15 is 0 Å². The number of imidazole rings is 1. The second-order valence-corrected chi connectivity index (χ2v) is 5.88. The van der Waals surface area contributed by atoms with Crippen molar-refractivity contribution in [1.82, 2.24) is 25.1 Å². The molecule has 0 aliphatic rings. The maximum Gasteiger partial charge on any atom is 0.277 e. The van der Waals surface area contributed by atoms with Crippen LogP contribution in [0.1, 0.15) is 5.89 Å². The maximum atomic E-state index is 11.6. The molecule has 2 aromatic rings. The van der Waals surface area contributed by atoms with E-state index in [1.165, 1.54) is 11.8 Å². The number of aryl methyl sites for hydroxylation is 2. The quantitative estimate of drug-likeness (QED) is 0.605. The van der Waals surface area contributed by atoms with Crippen molar-refractivity contribution in [2.24, 2.45) is 7.05 Å². The third-order valence-corrected chi connectivity index (χ3v) is 4.14. The largest absolute Gasteiger partial charge is 0.416 e. The summed E-state index contributed by atoms with van der Waals surface area (Å²) in [6.07, 6.45) is 3.65. The lowest BCUT2D eigenvalue weighted by Crippen LogP contribution is -2.27. The number of nitrogens with zero attached hydrogens (tertiary/aromatic N) is 4. The Hall–Kier alpha value is -1.48. The summed E-state index contributed by atoms with van der Waals surface area (Å²) in [5.41, 5.74) is 0. The zero-order valence-corrected chi connectivity index (χ0v) is 12.8. The molecule has 0 fully saturated rings. The summed E-state index contributed by atoms with van der Waals surface area (Å²) < 4.78 is 7.11. The average Bonchev–Trinajstić information content (AvgIpc) is 3.01. The highest BCUT2D eigenvalue weighted by Gasteiger charge is 2.07. The highest BCUT2D eigenvalue weighted by molar-refractivity contribution is 7.99. The van der Waals surface area contributed by atoms with Crippen LogP contribution in [0.3, 0.4) is 0 Å². The number of nitrogens with one attached hydrogen (secondary N) is 1. The lowest BCUT2D eigenvalue weighted by molar-refractivity contribution is -0.118. The van der Waals surface area contributed by atoms with Crippen LogP contribution in [0.15, 0.2) is 27.2 Å². The zero-order valence-electron chi connectivity index (χ0n) is 11.2. The summed E-state index contributed by atoms with van der Waals surface area (Å²) in [6.45, 7) is 2.31. The monoisotopic (exact) mass is 313 g/mol. The molecule has 9 heteroatoms. The normalized spacial score (nSPS) is 10.7. The highest BCUT2D eigenvalue weighted by atomic mass is 32.2.